The molecular formula is C60H108O6. The Balaban J connectivity index is 4.37. The number of esters is 3. The monoisotopic (exact) mass is 925 g/mol. The number of rotatable bonds is 52. The maximum Gasteiger partial charge on any atom is 0.306 e. The van der Waals surface area contributed by atoms with E-state index in [0.717, 1.165) is 83.5 Å². The highest BCUT2D eigenvalue weighted by molar-refractivity contribution is 5.71. The molecule has 0 aromatic rings. The summed E-state index contributed by atoms with van der Waals surface area (Å²) in [6.45, 7) is 6.61. The molecule has 0 N–H and O–H groups in total. The van der Waals surface area contributed by atoms with Gasteiger partial charge in [0, 0.05) is 19.3 Å². The minimum absolute atomic E-state index is 0.0790. The largest absolute Gasteiger partial charge is 0.462 e. The second kappa shape index (κ2) is 55.0. The van der Waals surface area contributed by atoms with E-state index in [-0.39, 0.29) is 31.1 Å². The standard InChI is InChI=1S/C60H108O6/c1-4-7-10-13-16-19-22-25-27-29-30-31-33-35-38-41-44-47-50-53-59(62)65-56-57(55-64-58(61)52-49-46-43-40-37-34-24-21-18-15-12-9-6-3)66-60(63)54-51-48-45-42-39-36-32-28-26-23-20-17-14-11-8-5-2/h16,19,21,24-25,27,30-31,57H,4-15,17-18,20,22-23,26,28-29,32-56H2,1-3H3/b19-16-,24-21-,27-25-,31-30-/t57-/m1/s1. The lowest BCUT2D eigenvalue weighted by Crippen LogP contribution is -2.30. The minimum atomic E-state index is -0.779. The summed E-state index contributed by atoms with van der Waals surface area (Å²) in [5.41, 5.74) is 0. The average Bonchev–Trinajstić information content (AvgIpc) is 3.31. The third-order valence-corrected chi connectivity index (χ3v) is 12.6. The lowest BCUT2D eigenvalue weighted by molar-refractivity contribution is -0.167. The zero-order valence-electron chi connectivity index (χ0n) is 44.0. The summed E-state index contributed by atoms with van der Waals surface area (Å²) in [7, 11) is 0. The van der Waals surface area contributed by atoms with Crippen molar-refractivity contribution in [2.24, 2.45) is 0 Å². The van der Waals surface area contributed by atoms with Gasteiger partial charge < -0.3 is 14.2 Å². The number of carbonyl (C=O) groups is 3. The Morgan fingerprint density at radius 3 is 0.909 bits per heavy atom. The van der Waals surface area contributed by atoms with Gasteiger partial charge in [-0.15, -0.1) is 0 Å². The van der Waals surface area contributed by atoms with Crippen molar-refractivity contribution in [3.63, 3.8) is 0 Å². The first-order valence-electron chi connectivity index (χ1n) is 28.6. The van der Waals surface area contributed by atoms with Gasteiger partial charge >= 0.3 is 17.9 Å². The van der Waals surface area contributed by atoms with E-state index < -0.39 is 6.10 Å². The molecule has 0 amide bonds. The summed E-state index contributed by atoms with van der Waals surface area (Å²) in [5.74, 6) is -0.885. The van der Waals surface area contributed by atoms with Crippen molar-refractivity contribution < 1.29 is 28.6 Å². The SMILES string of the molecule is CCCCC/C=C\C/C=C\C/C=C\CCCCCCCCC(=O)OC[C@@H](COC(=O)CCCCCCC/C=C\CCCCCC)OC(=O)CCCCCCCCCCCCCCCCCC. The zero-order valence-corrected chi connectivity index (χ0v) is 44.0. The molecule has 0 rings (SSSR count). The van der Waals surface area contributed by atoms with Crippen molar-refractivity contribution in [1.82, 2.24) is 0 Å². The van der Waals surface area contributed by atoms with Crippen LogP contribution in [0.3, 0.4) is 0 Å². The fourth-order valence-electron chi connectivity index (χ4n) is 8.21. The Labute approximate surface area is 409 Å². The Kier molecular flexibility index (Phi) is 52.8. The molecule has 0 heterocycles. The molecule has 0 saturated carbocycles. The molecule has 384 valence electrons. The van der Waals surface area contributed by atoms with Crippen LogP contribution in [0.4, 0.5) is 0 Å². The van der Waals surface area contributed by atoms with Crippen molar-refractivity contribution in [2.45, 2.75) is 303 Å². The van der Waals surface area contributed by atoms with Crippen molar-refractivity contribution in [3.8, 4) is 0 Å². The van der Waals surface area contributed by atoms with Crippen molar-refractivity contribution in [2.75, 3.05) is 13.2 Å². The molecule has 66 heavy (non-hydrogen) atoms. The smallest absolute Gasteiger partial charge is 0.306 e. The fraction of sp³-hybridized carbons (Fsp3) is 0.817. The van der Waals surface area contributed by atoms with Crippen LogP contribution in [0.1, 0.15) is 297 Å². The summed E-state index contributed by atoms with van der Waals surface area (Å²) >= 11 is 0. The molecule has 0 aromatic carbocycles. The molecule has 0 aliphatic rings. The minimum Gasteiger partial charge on any atom is -0.462 e. The maximum absolute atomic E-state index is 12.8. The van der Waals surface area contributed by atoms with Gasteiger partial charge in [-0.1, -0.05) is 243 Å². The van der Waals surface area contributed by atoms with E-state index in [1.54, 1.807) is 0 Å². The molecular weight excluding hydrogens is 817 g/mol. The molecule has 0 aliphatic heterocycles. The van der Waals surface area contributed by atoms with Crippen molar-refractivity contribution >= 4 is 17.9 Å². The summed E-state index contributed by atoms with van der Waals surface area (Å²) in [4.78, 5) is 38.1. The highest BCUT2D eigenvalue weighted by Crippen LogP contribution is 2.16. The predicted octanol–water partition coefficient (Wildman–Crippen LogP) is 19.0. The number of hydrogen-bond donors (Lipinski definition) is 0. The lowest BCUT2D eigenvalue weighted by atomic mass is 10.0. The molecule has 0 unspecified atom stereocenters. The van der Waals surface area contributed by atoms with Crippen molar-refractivity contribution in [1.29, 1.82) is 0 Å². The number of ether oxygens (including phenoxy) is 3. The Bertz CT molecular complexity index is 1150. The molecule has 0 saturated heterocycles. The molecule has 0 bridgehead atoms. The zero-order chi connectivity index (χ0) is 47.9. The third-order valence-electron chi connectivity index (χ3n) is 12.6. The van der Waals surface area contributed by atoms with Crippen LogP contribution in [-0.2, 0) is 28.6 Å². The topological polar surface area (TPSA) is 78.9 Å². The van der Waals surface area contributed by atoms with Crippen LogP contribution >= 0.6 is 0 Å². The highest BCUT2D eigenvalue weighted by Gasteiger charge is 2.19. The molecule has 6 nitrogen and oxygen atoms in total. The molecule has 0 radical (unpaired) electrons. The number of carbonyl (C=O) groups excluding carboxylic acids is 3. The quantitative estimate of drug-likeness (QED) is 0.0262. The lowest BCUT2D eigenvalue weighted by Gasteiger charge is -2.18. The van der Waals surface area contributed by atoms with E-state index in [9.17, 15) is 14.4 Å². The molecule has 1 atom stereocenters. The third kappa shape index (κ3) is 52.3. The first-order valence-corrected chi connectivity index (χ1v) is 28.6. The number of hydrogen-bond acceptors (Lipinski definition) is 6. The summed E-state index contributed by atoms with van der Waals surface area (Å²) in [5, 5.41) is 0. The van der Waals surface area contributed by atoms with Crippen LogP contribution in [0.5, 0.6) is 0 Å². The molecule has 0 aromatic heterocycles. The molecule has 0 aliphatic carbocycles. The summed E-state index contributed by atoms with van der Waals surface area (Å²) in [6.07, 6.45) is 66.6. The first kappa shape index (κ1) is 63.4. The van der Waals surface area contributed by atoms with Gasteiger partial charge in [-0.05, 0) is 83.5 Å². The van der Waals surface area contributed by atoms with Gasteiger partial charge in [-0.3, -0.25) is 14.4 Å². The van der Waals surface area contributed by atoms with E-state index in [2.05, 4.69) is 69.4 Å². The van der Waals surface area contributed by atoms with Gasteiger partial charge in [0.1, 0.15) is 13.2 Å². The Morgan fingerprint density at radius 2 is 0.545 bits per heavy atom. The number of allylic oxidation sites excluding steroid dienone is 8. The van der Waals surface area contributed by atoms with Gasteiger partial charge in [0.15, 0.2) is 6.10 Å². The van der Waals surface area contributed by atoms with Gasteiger partial charge in [0.05, 0.1) is 0 Å². The molecule has 0 spiro atoms. The van der Waals surface area contributed by atoms with Gasteiger partial charge in [-0.25, -0.2) is 0 Å². The van der Waals surface area contributed by atoms with Crippen LogP contribution in [0.25, 0.3) is 0 Å². The van der Waals surface area contributed by atoms with E-state index in [0.29, 0.717) is 19.3 Å². The second-order valence-electron chi connectivity index (χ2n) is 19.2. The van der Waals surface area contributed by atoms with Crippen LogP contribution in [0, 0.1) is 0 Å². The van der Waals surface area contributed by atoms with Crippen LogP contribution in [-0.4, -0.2) is 37.2 Å². The average molecular weight is 926 g/mol. The Hall–Kier alpha value is -2.63. The van der Waals surface area contributed by atoms with Crippen molar-refractivity contribution in [3.05, 3.63) is 48.6 Å². The fourth-order valence-corrected chi connectivity index (χ4v) is 8.21. The van der Waals surface area contributed by atoms with Crippen LogP contribution < -0.4 is 0 Å². The van der Waals surface area contributed by atoms with Crippen LogP contribution in [0.2, 0.25) is 0 Å². The normalized spacial score (nSPS) is 12.3. The van der Waals surface area contributed by atoms with Crippen LogP contribution in [0.15, 0.2) is 48.6 Å². The van der Waals surface area contributed by atoms with Gasteiger partial charge in [0.2, 0.25) is 0 Å². The predicted molar refractivity (Wildman–Crippen MR) is 284 cm³/mol. The van der Waals surface area contributed by atoms with Gasteiger partial charge in [0.25, 0.3) is 0 Å². The van der Waals surface area contributed by atoms with E-state index in [4.69, 9.17) is 14.2 Å². The van der Waals surface area contributed by atoms with Gasteiger partial charge in [-0.2, -0.15) is 0 Å². The van der Waals surface area contributed by atoms with E-state index >= 15 is 0 Å². The summed E-state index contributed by atoms with van der Waals surface area (Å²) in [6, 6.07) is 0. The molecule has 6 heteroatoms. The first-order chi connectivity index (χ1) is 32.5. The van der Waals surface area contributed by atoms with E-state index in [1.165, 1.54) is 173 Å². The highest BCUT2D eigenvalue weighted by atomic mass is 16.6. The van der Waals surface area contributed by atoms with E-state index in [1.807, 2.05) is 0 Å². The Morgan fingerprint density at radius 1 is 0.303 bits per heavy atom. The second-order valence-corrected chi connectivity index (χ2v) is 19.2. The maximum atomic E-state index is 12.8. The number of unbranched alkanes of at least 4 members (excludes halogenated alkanes) is 33. The summed E-state index contributed by atoms with van der Waals surface area (Å²) < 4.78 is 16.9. The molecule has 0 fully saturated rings.